The Bertz CT molecular complexity index is 258. The average Bonchev–Trinajstić information content (AvgIpc) is 2.18. The van der Waals surface area contributed by atoms with Gasteiger partial charge in [0.1, 0.15) is 0 Å². The molecule has 0 aliphatic heterocycles. The lowest BCUT2D eigenvalue weighted by Gasteiger charge is -2.10. The quantitative estimate of drug-likeness (QED) is 0.735. The molecular weight excluding hydrogens is 160 g/mol. The number of nitrogens with two attached hydrogens (primary N) is 2. The molecule has 0 heterocycles. The predicted octanol–water partition coefficient (Wildman–Crippen LogP) is 1.60. The van der Waals surface area contributed by atoms with Gasteiger partial charge < -0.3 is 11.5 Å². The van der Waals surface area contributed by atoms with Crippen LogP contribution < -0.4 is 11.5 Å². The predicted molar refractivity (Wildman–Crippen MR) is 56.4 cm³/mol. The zero-order chi connectivity index (χ0) is 9.68. The minimum Gasteiger partial charge on any atom is -0.330 e. The molecule has 0 aliphatic carbocycles. The summed E-state index contributed by atoms with van der Waals surface area (Å²) in [5.41, 5.74) is 13.9. The fourth-order valence-electron chi connectivity index (χ4n) is 1.38. The molecule has 1 aromatic rings. The highest BCUT2D eigenvalue weighted by Crippen LogP contribution is 2.15. The molecule has 1 rings (SSSR count). The highest BCUT2D eigenvalue weighted by atomic mass is 14.6. The van der Waals surface area contributed by atoms with E-state index in [9.17, 15) is 0 Å². The van der Waals surface area contributed by atoms with Gasteiger partial charge in [-0.1, -0.05) is 31.2 Å². The molecule has 0 aromatic heterocycles. The molecule has 1 aromatic carbocycles. The third-order valence-electron chi connectivity index (χ3n) is 2.25. The summed E-state index contributed by atoms with van der Waals surface area (Å²) in [5, 5.41) is 0. The molecule has 0 amide bonds. The molecular formula is C11H18N2. The van der Waals surface area contributed by atoms with Crippen LogP contribution >= 0.6 is 0 Å². The Kier molecular flexibility index (Phi) is 3.93. The van der Waals surface area contributed by atoms with Gasteiger partial charge in [0.15, 0.2) is 0 Å². The fourth-order valence-corrected chi connectivity index (χ4v) is 1.38. The first-order chi connectivity index (χ1) is 6.27. The van der Waals surface area contributed by atoms with Gasteiger partial charge in [0.2, 0.25) is 0 Å². The van der Waals surface area contributed by atoms with Crippen molar-refractivity contribution in [1.29, 1.82) is 0 Å². The number of benzene rings is 1. The summed E-state index contributed by atoms with van der Waals surface area (Å²) in [4.78, 5) is 0. The number of rotatable bonds is 4. The van der Waals surface area contributed by atoms with Crippen molar-refractivity contribution < 1.29 is 0 Å². The maximum absolute atomic E-state index is 5.93. The van der Waals surface area contributed by atoms with Gasteiger partial charge in [0.25, 0.3) is 0 Å². The van der Waals surface area contributed by atoms with Gasteiger partial charge in [-0.2, -0.15) is 0 Å². The van der Waals surface area contributed by atoms with Crippen molar-refractivity contribution >= 4 is 0 Å². The molecule has 0 bridgehead atoms. The van der Waals surface area contributed by atoms with E-state index in [1.165, 1.54) is 11.1 Å². The van der Waals surface area contributed by atoms with Crippen molar-refractivity contribution in [3.05, 3.63) is 35.4 Å². The van der Waals surface area contributed by atoms with Crippen LogP contribution in [-0.2, 0) is 6.42 Å². The lowest BCUT2D eigenvalue weighted by Crippen LogP contribution is -2.09. The van der Waals surface area contributed by atoms with Gasteiger partial charge in [-0.3, -0.25) is 0 Å². The van der Waals surface area contributed by atoms with Crippen LogP contribution in [0.5, 0.6) is 0 Å². The van der Waals surface area contributed by atoms with Crippen molar-refractivity contribution in [3.8, 4) is 0 Å². The Morgan fingerprint density at radius 2 is 2.15 bits per heavy atom. The molecule has 4 N–H and O–H groups in total. The molecule has 0 radical (unpaired) electrons. The van der Waals surface area contributed by atoms with Gasteiger partial charge in [0.05, 0.1) is 0 Å². The summed E-state index contributed by atoms with van der Waals surface area (Å²) in [6.07, 6.45) is 1.91. The van der Waals surface area contributed by atoms with Crippen molar-refractivity contribution in [2.24, 2.45) is 11.5 Å². The van der Waals surface area contributed by atoms with E-state index in [2.05, 4.69) is 31.2 Å². The summed E-state index contributed by atoms with van der Waals surface area (Å²) in [6.45, 7) is 2.80. The van der Waals surface area contributed by atoms with Gasteiger partial charge >= 0.3 is 0 Å². The lowest BCUT2D eigenvalue weighted by atomic mass is 10.0. The highest BCUT2D eigenvalue weighted by Gasteiger charge is 2.02. The summed E-state index contributed by atoms with van der Waals surface area (Å²) in [6, 6.07) is 8.54. The Morgan fingerprint density at radius 3 is 2.77 bits per heavy atom. The average molecular weight is 178 g/mol. The van der Waals surface area contributed by atoms with Crippen LogP contribution in [0.15, 0.2) is 24.3 Å². The largest absolute Gasteiger partial charge is 0.330 e. The van der Waals surface area contributed by atoms with Crippen LogP contribution in [0.3, 0.4) is 0 Å². The second-order valence-corrected chi connectivity index (χ2v) is 3.30. The van der Waals surface area contributed by atoms with Crippen molar-refractivity contribution in [1.82, 2.24) is 0 Å². The Hall–Kier alpha value is -0.860. The maximum atomic E-state index is 5.93. The molecule has 0 saturated heterocycles. The third kappa shape index (κ3) is 2.83. The summed E-state index contributed by atoms with van der Waals surface area (Å²) >= 11 is 0. The van der Waals surface area contributed by atoms with Crippen molar-refractivity contribution in [3.63, 3.8) is 0 Å². The minimum atomic E-state index is 0.165. The summed E-state index contributed by atoms with van der Waals surface area (Å²) < 4.78 is 0. The summed E-state index contributed by atoms with van der Waals surface area (Å²) in [5.74, 6) is 0. The van der Waals surface area contributed by atoms with Gasteiger partial charge in [-0.15, -0.1) is 0 Å². The minimum absolute atomic E-state index is 0.165. The molecule has 1 atom stereocenters. The van der Waals surface area contributed by atoms with E-state index in [-0.39, 0.29) is 6.04 Å². The summed E-state index contributed by atoms with van der Waals surface area (Å²) in [7, 11) is 0. The van der Waals surface area contributed by atoms with E-state index in [4.69, 9.17) is 11.5 Å². The maximum Gasteiger partial charge on any atom is 0.0292 e. The van der Waals surface area contributed by atoms with Crippen LogP contribution in [0.4, 0.5) is 0 Å². The first-order valence-corrected chi connectivity index (χ1v) is 4.82. The van der Waals surface area contributed by atoms with Crippen LogP contribution in [0.1, 0.15) is 30.5 Å². The molecule has 2 nitrogen and oxygen atoms in total. The van der Waals surface area contributed by atoms with Gasteiger partial charge in [-0.25, -0.2) is 0 Å². The van der Waals surface area contributed by atoms with Gasteiger partial charge in [0, 0.05) is 6.04 Å². The Labute approximate surface area is 79.9 Å². The van der Waals surface area contributed by atoms with Crippen LogP contribution in [0.2, 0.25) is 0 Å². The van der Waals surface area contributed by atoms with E-state index in [1.807, 2.05) is 0 Å². The van der Waals surface area contributed by atoms with E-state index < -0.39 is 0 Å². The molecule has 13 heavy (non-hydrogen) atoms. The Balaban J connectivity index is 2.78. The molecule has 72 valence electrons. The topological polar surface area (TPSA) is 52.0 Å². The molecule has 1 unspecified atom stereocenters. The number of hydrogen-bond donors (Lipinski definition) is 2. The molecule has 0 spiro atoms. The smallest absolute Gasteiger partial charge is 0.0292 e. The van der Waals surface area contributed by atoms with Crippen LogP contribution in [0.25, 0.3) is 0 Å². The van der Waals surface area contributed by atoms with Crippen molar-refractivity contribution in [2.45, 2.75) is 25.8 Å². The zero-order valence-corrected chi connectivity index (χ0v) is 8.16. The number of hydrogen-bond acceptors (Lipinski definition) is 2. The first kappa shape index (κ1) is 10.2. The molecule has 0 fully saturated rings. The second-order valence-electron chi connectivity index (χ2n) is 3.30. The van der Waals surface area contributed by atoms with E-state index >= 15 is 0 Å². The fraction of sp³-hybridized carbons (Fsp3) is 0.455. The highest BCUT2D eigenvalue weighted by molar-refractivity contribution is 5.26. The molecule has 2 heteroatoms. The van der Waals surface area contributed by atoms with E-state index in [0.717, 1.165) is 12.8 Å². The molecule has 0 saturated carbocycles. The van der Waals surface area contributed by atoms with Crippen LogP contribution in [-0.4, -0.2) is 6.54 Å². The first-order valence-electron chi connectivity index (χ1n) is 4.82. The third-order valence-corrected chi connectivity index (χ3v) is 2.25. The van der Waals surface area contributed by atoms with E-state index in [1.54, 1.807) is 0 Å². The molecule has 0 aliphatic rings. The van der Waals surface area contributed by atoms with Crippen molar-refractivity contribution in [2.75, 3.05) is 6.54 Å². The van der Waals surface area contributed by atoms with Gasteiger partial charge in [-0.05, 0) is 30.5 Å². The SMILES string of the molecule is CCC(N)c1cccc(CCN)c1. The second kappa shape index (κ2) is 5.00. The monoisotopic (exact) mass is 178 g/mol. The normalized spacial score (nSPS) is 12.8. The van der Waals surface area contributed by atoms with E-state index in [0.29, 0.717) is 6.54 Å². The Morgan fingerprint density at radius 1 is 1.38 bits per heavy atom. The standard InChI is InChI=1S/C11H18N2/c1-2-11(13)10-5-3-4-9(8-10)6-7-12/h3-5,8,11H,2,6-7,12-13H2,1H3. The zero-order valence-electron chi connectivity index (χ0n) is 8.16. The lowest BCUT2D eigenvalue weighted by molar-refractivity contribution is 0.697. The van der Waals surface area contributed by atoms with Crippen LogP contribution in [0, 0.1) is 0 Å².